The molecule has 0 unspecified atom stereocenters. The maximum absolute atomic E-state index is 13.2. The van der Waals surface area contributed by atoms with Gasteiger partial charge in [0.2, 0.25) is 0 Å². The van der Waals surface area contributed by atoms with Crippen LogP contribution in [0.25, 0.3) is 11.3 Å². The summed E-state index contributed by atoms with van der Waals surface area (Å²) in [6.45, 7) is 3.25. The number of likely N-dealkylation sites (tertiary alicyclic amines) is 1. The first-order valence-electron chi connectivity index (χ1n) is 11.7. The summed E-state index contributed by atoms with van der Waals surface area (Å²) in [6, 6.07) is 21.8. The monoisotopic (exact) mass is 531 g/mol. The van der Waals surface area contributed by atoms with Gasteiger partial charge in [-0.2, -0.15) is 0 Å². The minimum absolute atomic E-state index is 0.0542. The van der Waals surface area contributed by atoms with E-state index in [0.29, 0.717) is 17.7 Å². The lowest BCUT2D eigenvalue weighted by atomic mass is 9.97. The van der Waals surface area contributed by atoms with E-state index in [-0.39, 0.29) is 12.3 Å². The van der Waals surface area contributed by atoms with Crippen molar-refractivity contribution in [2.75, 3.05) is 23.7 Å². The highest BCUT2D eigenvalue weighted by atomic mass is 79.9. The first-order valence-corrected chi connectivity index (χ1v) is 12.5. The number of halogens is 1. The molecule has 7 heteroatoms. The summed E-state index contributed by atoms with van der Waals surface area (Å²) in [4.78, 5) is 26.7. The Balaban J connectivity index is 1.53. The summed E-state index contributed by atoms with van der Waals surface area (Å²) < 4.78 is 0.890. The smallest absolute Gasteiger partial charge is 0.303 e. The highest BCUT2D eigenvalue weighted by Gasteiger charge is 2.28. The number of nitrogens with zero attached hydrogens (tertiary/aromatic N) is 1. The number of fused-ring (bicyclic) bond motifs is 1. The number of carboxylic acids is 1. The second-order valence-electron chi connectivity index (χ2n) is 8.94. The summed E-state index contributed by atoms with van der Waals surface area (Å²) in [5.41, 5.74) is 6.71. The molecule has 6 nitrogen and oxygen atoms in total. The van der Waals surface area contributed by atoms with Crippen LogP contribution in [0.2, 0.25) is 0 Å². The van der Waals surface area contributed by atoms with Crippen LogP contribution in [-0.4, -0.2) is 35.0 Å². The number of hydrogen-bond acceptors (Lipinski definition) is 4. The molecule has 0 spiro atoms. The Kier molecular flexibility index (Phi) is 6.70. The number of rotatable bonds is 8. The third kappa shape index (κ3) is 5.31. The average Bonchev–Trinajstić information content (AvgIpc) is 3.14. The fourth-order valence-corrected chi connectivity index (χ4v) is 4.80. The number of amides is 1. The summed E-state index contributed by atoms with van der Waals surface area (Å²) in [6.07, 6.45) is 1.74. The van der Waals surface area contributed by atoms with Crippen molar-refractivity contribution in [1.29, 1.82) is 0 Å². The van der Waals surface area contributed by atoms with E-state index >= 15 is 0 Å². The van der Waals surface area contributed by atoms with Gasteiger partial charge in [-0.1, -0.05) is 52.3 Å². The van der Waals surface area contributed by atoms with Gasteiger partial charge < -0.3 is 15.7 Å². The van der Waals surface area contributed by atoms with Crippen molar-refractivity contribution in [2.24, 2.45) is 0 Å². The largest absolute Gasteiger partial charge is 0.481 e. The molecular weight excluding hydrogens is 506 g/mol. The molecule has 1 amide bonds. The Bertz CT molecular complexity index is 1310. The number of carboxylic acid groups (broad SMARTS) is 1. The van der Waals surface area contributed by atoms with Gasteiger partial charge in [-0.25, -0.2) is 0 Å². The van der Waals surface area contributed by atoms with Crippen LogP contribution in [-0.2, 0) is 22.6 Å². The van der Waals surface area contributed by atoms with Gasteiger partial charge >= 0.3 is 5.97 Å². The molecule has 0 saturated carbocycles. The molecule has 2 aliphatic rings. The summed E-state index contributed by atoms with van der Waals surface area (Å²) in [5, 5.41) is 15.6. The van der Waals surface area contributed by atoms with Crippen molar-refractivity contribution in [3.63, 3.8) is 0 Å². The van der Waals surface area contributed by atoms with Gasteiger partial charge in [-0.15, -0.1) is 0 Å². The summed E-state index contributed by atoms with van der Waals surface area (Å²) in [7, 11) is 0. The van der Waals surface area contributed by atoms with Crippen LogP contribution < -0.4 is 10.6 Å². The first kappa shape index (κ1) is 23.3. The zero-order valence-corrected chi connectivity index (χ0v) is 20.8. The number of hydrogen-bond donors (Lipinski definition) is 3. The quantitative estimate of drug-likeness (QED) is 0.329. The van der Waals surface area contributed by atoms with Crippen LogP contribution in [0.3, 0.4) is 0 Å². The number of benzene rings is 3. The van der Waals surface area contributed by atoms with Crippen LogP contribution in [0.4, 0.5) is 11.4 Å². The summed E-state index contributed by atoms with van der Waals surface area (Å²) in [5.74, 6) is -1.01. The predicted octanol–water partition coefficient (Wildman–Crippen LogP) is 5.60. The van der Waals surface area contributed by atoms with Gasteiger partial charge in [-0.05, 0) is 73.0 Å². The molecule has 1 fully saturated rings. The SMILES string of the molecule is O=C(O)CCc1cccc(C(Nc2ccc(CN3CCC3)cc2)=C2C(=O)Nc3cc(Br)ccc32)c1. The minimum atomic E-state index is -0.833. The maximum Gasteiger partial charge on any atom is 0.303 e. The Morgan fingerprint density at radius 1 is 1.03 bits per heavy atom. The maximum atomic E-state index is 13.2. The number of carbonyl (C=O) groups excluding carboxylic acids is 1. The molecule has 3 aromatic rings. The number of aryl methyl sites for hydroxylation is 1. The van der Waals surface area contributed by atoms with Gasteiger partial charge in [0, 0.05) is 28.7 Å². The lowest BCUT2D eigenvalue weighted by Crippen LogP contribution is -2.36. The molecule has 1 saturated heterocycles. The molecule has 3 aromatic carbocycles. The average molecular weight is 532 g/mol. The van der Waals surface area contributed by atoms with Crippen LogP contribution >= 0.6 is 15.9 Å². The van der Waals surface area contributed by atoms with Crippen molar-refractivity contribution in [3.8, 4) is 0 Å². The number of aliphatic carboxylic acids is 1. The van der Waals surface area contributed by atoms with Crippen LogP contribution in [0.15, 0.2) is 71.2 Å². The zero-order chi connectivity index (χ0) is 24.4. The highest BCUT2D eigenvalue weighted by Crippen LogP contribution is 2.39. The molecule has 0 atom stereocenters. The van der Waals surface area contributed by atoms with Gasteiger partial charge in [0.05, 0.1) is 17.0 Å². The van der Waals surface area contributed by atoms with E-state index in [2.05, 4.69) is 43.6 Å². The van der Waals surface area contributed by atoms with Gasteiger partial charge in [0.1, 0.15) is 0 Å². The van der Waals surface area contributed by atoms with E-state index < -0.39 is 5.97 Å². The molecule has 0 radical (unpaired) electrons. The Hall–Kier alpha value is -3.42. The van der Waals surface area contributed by atoms with Crippen molar-refractivity contribution < 1.29 is 14.7 Å². The zero-order valence-electron chi connectivity index (χ0n) is 19.2. The first-order chi connectivity index (χ1) is 17.0. The van der Waals surface area contributed by atoms with E-state index in [0.717, 1.165) is 52.2 Å². The fourth-order valence-electron chi connectivity index (χ4n) is 4.44. The number of carbonyl (C=O) groups is 2. The molecule has 5 rings (SSSR count). The van der Waals surface area contributed by atoms with Crippen LogP contribution in [0, 0.1) is 0 Å². The second kappa shape index (κ2) is 10.1. The molecule has 3 N–H and O–H groups in total. The van der Waals surface area contributed by atoms with E-state index in [1.54, 1.807) is 0 Å². The Morgan fingerprint density at radius 3 is 2.54 bits per heavy atom. The predicted molar refractivity (Wildman–Crippen MR) is 142 cm³/mol. The van der Waals surface area contributed by atoms with Crippen LogP contribution in [0.5, 0.6) is 0 Å². The van der Waals surface area contributed by atoms with Crippen molar-refractivity contribution in [3.05, 3.63) is 93.5 Å². The van der Waals surface area contributed by atoms with E-state index in [1.807, 2.05) is 54.6 Å². The number of nitrogens with one attached hydrogen (secondary N) is 2. The minimum Gasteiger partial charge on any atom is -0.481 e. The molecule has 2 heterocycles. The van der Waals surface area contributed by atoms with Gasteiger partial charge in [-0.3, -0.25) is 14.5 Å². The lowest BCUT2D eigenvalue weighted by Gasteiger charge is -2.30. The molecule has 178 valence electrons. The van der Waals surface area contributed by atoms with Gasteiger partial charge in [0.15, 0.2) is 0 Å². The van der Waals surface area contributed by atoms with Crippen molar-refractivity contribution in [1.82, 2.24) is 4.90 Å². The Morgan fingerprint density at radius 2 is 1.83 bits per heavy atom. The van der Waals surface area contributed by atoms with Gasteiger partial charge in [0.25, 0.3) is 5.91 Å². The molecule has 0 aromatic heterocycles. The van der Waals surface area contributed by atoms with Crippen molar-refractivity contribution in [2.45, 2.75) is 25.8 Å². The summed E-state index contributed by atoms with van der Waals surface area (Å²) >= 11 is 3.48. The molecule has 2 aliphatic heterocycles. The van der Waals surface area contributed by atoms with Crippen LogP contribution in [0.1, 0.15) is 35.1 Å². The van der Waals surface area contributed by atoms with E-state index in [9.17, 15) is 9.59 Å². The third-order valence-electron chi connectivity index (χ3n) is 6.40. The molecule has 0 bridgehead atoms. The molecule has 0 aliphatic carbocycles. The van der Waals surface area contributed by atoms with E-state index in [4.69, 9.17) is 5.11 Å². The fraction of sp³-hybridized carbons (Fsp3) is 0.214. The van der Waals surface area contributed by atoms with Crippen molar-refractivity contribution >= 4 is 50.5 Å². The number of anilines is 2. The standard InChI is InChI=1S/C28H26BrN3O3/c29-21-8-11-23-24(16-21)31-28(35)26(23)27(20-4-1-3-18(15-20)7-12-25(33)34)30-22-9-5-19(6-10-22)17-32-13-2-14-32/h1,3-6,8-11,15-16,30H,2,7,12-14,17H2,(H,31,35)(H,33,34). The Labute approximate surface area is 212 Å². The highest BCUT2D eigenvalue weighted by molar-refractivity contribution is 9.10. The third-order valence-corrected chi connectivity index (χ3v) is 6.89. The second-order valence-corrected chi connectivity index (χ2v) is 9.86. The lowest BCUT2D eigenvalue weighted by molar-refractivity contribution is -0.137. The molecule has 35 heavy (non-hydrogen) atoms. The normalized spacial score (nSPS) is 16.3. The molecular formula is C28H26BrN3O3. The topological polar surface area (TPSA) is 81.7 Å². The van der Waals surface area contributed by atoms with E-state index in [1.165, 1.54) is 12.0 Å².